The Morgan fingerprint density at radius 2 is 0.563 bits per heavy atom. The lowest BCUT2D eigenvalue weighted by molar-refractivity contribution is 0.295. The van der Waals surface area contributed by atoms with Crippen LogP contribution in [0.2, 0.25) is 0 Å². The summed E-state index contributed by atoms with van der Waals surface area (Å²) in [6.45, 7) is 13.1. The Bertz CT molecular complexity index is 3920. The maximum absolute atomic E-state index is 15.3. The molecule has 0 spiro atoms. The highest BCUT2D eigenvalue weighted by atomic mass is 31.2. The summed E-state index contributed by atoms with van der Waals surface area (Å²) in [7, 11) is -4.94. The summed E-state index contributed by atoms with van der Waals surface area (Å²) in [6, 6.07) is 64.2. The van der Waals surface area contributed by atoms with Crippen LogP contribution in [0.15, 0.2) is 182 Å². The molecule has 12 aromatic carbocycles. The molecule has 12 aromatic rings. The number of hydrogen-bond acceptors (Lipinski definition) is 3. The second-order valence-electron chi connectivity index (χ2n) is 19.6. The maximum Gasteiger partial charge on any atom is 0.584 e. The van der Waals surface area contributed by atoms with Gasteiger partial charge >= 0.3 is 7.82 Å². The van der Waals surface area contributed by atoms with Crippen molar-refractivity contribution in [1.82, 2.24) is 0 Å². The van der Waals surface area contributed by atoms with Crippen LogP contribution in [0, 0.1) is 41.5 Å². The van der Waals surface area contributed by atoms with E-state index in [0.29, 0.717) is 33.8 Å². The minimum Gasteiger partial charge on any atom is -0.394 e. The van der Waals surface area contributed by atoms with Crippen LogP contribution in [0.1, 0.15) is 33.4 Å². The third-order valence-corrected chi connectivity index (χ3v) is 15.7. The third-order valence-electron chi connectivity index (χ3n) is 14.9. The first-order valence-electron chi connectivity index (χ1n) is 24.3. The summed E-state index contributed by atoms with van der Waals surface area (Å²) in [4.78, 5) is 12.5. The van der Waals surface area contributed by atoms with Gasteiger partial charge in [-0.1, -0.05) is 181 Å². The third kappa shape index (κ3) is 6.59. The molecule has 0 fully saturated rings. The molecule has 0 saturated heterocycles. The van der Waals surface area contributed by atoms with Crippen molar-refractivity contribution in [2.45, 2.75) is 41.5 Å². The molecule has 0 unspecified atom stereocenters. The second kappa shape index (κ2) is 16.0. The highest BCUT2D eigenvalue weighted by Crippen LogP contribution is 2.63. The van der Waals surface area contributed by atoms with Crippen LogP contribution in [0.25, 0.3) is 120 Å². The lowest BCUT2D eigenvalue weighted by Gasteiger charge is -2.23. The maximum atomic E-state index is 15.3. The Balaban J connectivity index is 1.19. The molecule has 71 heavy (non-hydrogen) atoms. The van der Waals surface area contributed by atoms with Crippen molar-refractivity contribution in [3.63, 3.8) is 0 Å². The lowest BCUT2D eigenvalue weighted by atomic mass is 9.80. The molecule has 0 aromatic heterocycles. The predicted molar refractivity (Wildman–Crippen MR) is 298 cm³/mol. The molecule has 1 N–H and O–H groups in total. The fourth-order valence-corrected chi connectivity index (χ4v) is 13.4. The molecule has 0 aliphatic carbocycles. The second-order valence-corrected chi connectivity index (χ2v) is 20.9. The zero-order valence-electron chi connectivity index (χ0n) is 40.4. The van der Waals surface area contributed by atoms with Gasteiger partial charge in [0, 0.05) is 33.4 Å². The molecule has 1 aliphatic rings. The number of phosphoric ester groups is 1. The number of benzene rings is 12. The molecule has 342 valence electrons. The number of fused-ring (bicyclic) bond motifs is 11. The average molecular weight is 937 g/mol. The zero-order chi connectivity index (χ0) is 48.4. The minimum absolute atomic E-state index is 0.303. The standard InChI is InChI=1S/C66H49O4P/c1-37-31-39(3)57(40(4)32-37)61-51-27-15-11-23-47(51)59(48-24-12-16-28-52(48)61)55-35-43-19-7-9-21-45(43)63-64-46-22-10-8-20-44(46)36-56(66(64)70-71(67,68)69-65(55)63)60-49-25-13-17-29-53(49)62(54-30-18-14-26-50(54)60)58-41(5)33-38(2)34-42(58)6/h7-36H,1-6H3,(H,67,68). The van der Waals surface area contributed by atoms with Gasteiger partial charge in [-0.15, -0.1) is 0 Å². The minimum atomic E-state index is -4.94. The van der Waals surface area contributed by atoms with Gasteiger partial charge < -0.3 is 9.05 Å². The molecule has 13 rings (SSSR count). The topological polar surface area (TPSA) is 55.8 Å². The Morgan fingerprint density at radius 3 is 0.859 bits per heavy atom. The van der Waals surface area contributed by atoms with E-state index in [-0.39, 0.29) is 0 Å². The van der Waals surface area contributed by atoms with Gasteiger partial charge in [0.1, 0.15) is 11.5 Å². The van der Waals surface area contributed by atoms with Gasteiger partial charge in [-0.25, -0.2) is 4.57 Å². The van der Waals surface area contributed by atoms with Gasteiger partial charge in [0.15, 0.2) is 0 Å². The molecular formula is C66H49O4P. The van der Waals surface area contributed by atoms with Crippen LogP contribution in [0.4, 0.5) is 0 Å². The molecule has 1 heterocycles. The van der Waals surface area contributed by atoms with E-state index in [0.717, 1.165) is 86.9 Å². The first kappa shape index (κ1) is 43.0. The molecule has 0 atom stereocenters. The summed E-state index contributed by atoms with van der Waals surface area (Å²) in [5.41, 5.74) is 16.7. The summed E-state index contributed by atoms with van der Waals surface area (Å²) in [6.07, 6.45) is 0. The molecule has 5 heteroatoms. The van der Waals surface area contributed by atoms with Crippen molar-refractivity contribution < 1.29 is 18.5 Å². The highest BCUT2D eigenvalue weighted by molar-refractivity contribution is 7.48. The van der Waals surface area contributed by atoms with Gasteiger partial charge in [0.25, 0.3) is 0 Å². The average Bonchev–Trinajstić information content (AvgIpc) is 3.48. The smallest absolute Gasteiger partial charge is 0.394 e. The zero-order valence-corrected chi connectivity index (χ0v) is 41.3. The molecule has 0 amide bonds. The van der Waals surface area contributed by atoms with Crippen LogP contribution in [-0.2, 0) is 4.57 Å². The molecule has 0 radical (unpaired) electrons. The van der Waals surface area contributed by atoms with E-state index >= 15 is 4.57 Å². The Kier molecular flexibility index (Phi) is 9.71. The lowest BCUT2D eigenvalue weighted by Crippen LogP contribution is -2.01. The summed E-state index contributed by atoms with van der Waals surface area (Å²) in [5.74, 6) is 0.605. The quantitative estimate of drug-likeness (QED) is 0.141. The number of hydrogen-bond donors (Lipinski definition) is 1. The summed E-state index contributed by atoms with van der Waals surface area (Å²) < 4.78 is 28.7. The van der Waals surface area contributed by atoms with Crippen LogP contribution in [-0.4, -0.2) is 4.89 Å². The molecule has 1 aliphatic heterocycles. The summed E-state index contributed by atoms with van der Waals surface area (Å²) >= 11 is 0. The number of aryl methyl sites for hydroxylation is 6. The molecule has 4 nitrogen and oxygen atoms in total. The van der Waals surface area contributed by atoms with Crippen molar-refractivity contribution in [3.8, 4) is 67.1 Å². The number of rotatable bonds is 4. The Hall–Kier alpha value is -8.01. The fourth-order valence-electron chi connectivity index (χ4n) is 12.5. The van der Waals surface area contributed by atoms with E-state index < -0.39 is 7.82 Å². The normalized spacial score (nSPS) is 13.1. The van der Waals surface area contributed by atoms with Crippen LogP contribution >= 0.6 is 7.82 Å². The summed E-state index contributed by atoms with van der Waals surface area (Å²) in [5, 5.41) is 12.1. The molecule has 0 saturated carbocycles. The fraction of sp³-hybridized carbons (Fsp3) is 0.0909. The largest absolute Gasteiger partial charge is 0.584 e. The van der Waals surface area contributed by atoms with Gasteiger partial charge in [-0.3, -0.25) is 4.89 Å². The van der Waals surface area contributed by atoms with Gasteiger partial charge in [0.2, 0.25) is 0 Å². The van der Waals surface area contributed by atoms with Gasteiger partial charge in [0.05, 0.1) is 0 Å². The predicted octanol–water partition coefficient (Wildman–Crippen LogP) is 18.7. The van der Waals surface area contributed by atoms with Crippen LogP contribution in [0.5, 0.6) is 11.5 Å². The van der Waals surface area contributed by atoms with E-state index in [1.54, 1.807) is 0 Å². The Labute approximate surface area is 413 Å². The SMILES string of the molecule is Cc1cc(C)c(-c2c3ccccc3c(-c3cc4ccccc4c4c3OP(=O)(O)Oc3c(-c5c6ccccc6c(-c6c(C)cc(C)cc6C)c6ccccc56)cc5ccccc5c3-4)c3ccccc23)c(C)c1. The highest BCUT2D eigenvalue weighted by Gasteiger charge is 2.39. The van der Waals surface area contributed by atoms with Crippen molar-refractivity contribution in [1.29, 1.82) is 0 Å². The molecule has 0 bridgehead atoms. The van der Waals surface area contributed by atoms with Crippen molar-refractivity contribution in [3.05, 3.63) is 215 Å². The van der Waals surface area contributed by atoms with E-state index in [2.05, 4.69) is 211 Å². The van der Waals surface area contributed by atoms with Gasteiger partial charge in [-0.2, -0.15) is 0 Å². The van der Waals surface area contributed by atoms with Crippen LogP contribution in [0.3, 0.4) is 0 Å². The van der Waals surface area contributed by atoms with E-state index in [1.807, 2.05) is 12.1 Å². The van der Waals surface area contributed by atoms with Crippen molar-refractivity contribution >= 4 is 72.5 Å². The van der Waals surface area contributed by atoms with Gasteiger partial charge in [-0.05, 0) is 163 Å². The Morgan fingerprint density at radius 1 is 0.310 bits per heavy atom. The van der Waals surface area contributed by atoms with Crippen LogP contribution < -0.4 is 9.05 Å². The number of phosphoric acid groups is 1. The van der Waals surface area contributed by atoms with Crippen molar-refractivity contribution in [2.75, 3.05) is 0 Å². The molecular weight excluding hydrogens is 888 g/mol. The van der Waals surface area contributed by atoms with E-state index in [4.69, 9.17) is 9.05 Å². The monoisotopic (exact) mass is 936 g/mol. The van der Waals surface area contributed by atoms with E-state index in [9.17, 15) is 4.89 Å². The van der Waals surface area contributed by atoms with Crippen molar-refractivity contribution in [2.24, 2.45) is 0 Å². The first-order chi connectivity index (χ1) is 34.5. The first-order valence-corrected chi connectivity index (χ1v) is 25.8. The van der Waals surface area contributed by atoms with E-state index in [1.165, 1.54) is 44.5 Å².